The number of carbonyl (C=O) groups excluding carboxylic acids is 1. The van der Waals surface area contributed by atoms with E-state index < -0.39 is 0 Å². The number of ether oxygens (including phenoxy) is 2. The summed E-state index contributed by atoms with van der Waals surface area (Å²) in [5, 5.41) is 11.0. The Morgan fingerprint density at radius 2 is 1.08 bits per heavy atom. The van der Waals surface area contributed by atoms with Gasteiger partial charge in [0.15, 0.2) is 0 Å². The number of hydrogen-bond donors (Lipinski definition) is 1. The van der Waals surface area contributed by atoms with E-state index in [4.69, 9.17) is 9.47 Å². The summed E-state index contributed by atoms with van der Waals surface area (Å²) < 4.78 is 11.9. The topological polar surface area (TPSA) is 55.8 Å². The first-order valence-corrected chi connectivity index (χ1v) is 17.0. The van der Waals surface area contributed by atoms with Gasteiger partial charge >= 0.3 is 5.97 Å². The Balaban J connectivity index is 4.21. The van der Waals surface area contributed by atoms with Gasteiger partial charge in [-0.05, 0) is 43.9 Å². The number of hydrogen-bond acceptors (Lipinski definition) is 4. The first kappa shape index (κ1) is 37.4. The van der Waals surface area contributed by atoms with Gasteiger partial charge in [0, 0.05) is 13.0 Å². The molecule has 0 rings (SSSR count). The van der Waals surface area contributed by atoms with Crippen molar-refractivity contribution < 1.29 is 19.4 Å². The second-order valence-electron chi connectivity index (χ2n) is 11.8. The van der Waals surface area contributed by atoms with Gasteiger partial charge in [0.2, 0.25) is 0 Å². The Morgan fingerprint density at radius 1 is 0.579 bits per heavy atom. The van der Waals surface area contributed by atoms with Crippen LogP contribution in [0.3, 0.4) is 0 Å². The highest BCUT2D eigenvalue weighted by Crippen LogP contribution is 2.21. The minimum absolute atomic E-state index is 0.0177. The number of aliphatic hydroxyl groups is 1. The predicted molar refractivity (Wildman–Crippen MR) is 164 cm³/mol. The number of carbonyl (C=O) groups is 1. The zero-order valence-corrected chi connectivity index (χ0v) is 26.5. The molecule has 0 radical (unpaired) electrons. The molecule has 0 saturated heterocycles. The second-order valence-corrected chi connectivity index (χ2v) is 11.8. The Labute approximate surface area is 238 Å². The maximum atomic E-state index is 12.1. The highest BCUT2D eigenvalue weighted by Gasteiger charge is 2.21. The molecule has 4 heteroatoms. The van der Waals surface area contributed by atoms with E-state index in [1.807, 2.05) is 0 Å². The van der Waals surface area contributed by atoms with Crippen LogP contribution in [0.15, 0.2) is 0 Å². The molecule has 0 saturated carbocycles. The minimum atomic E-state index is -0.358. The third-order valence-electron chi connectivity index (χ3n) is 8.26. The zero-order valence-electron chi connectivity index (χ0n) is 26.5. The fraction of sp³-hybridized carbons (Fsp3) is 0.971. The molecule has 0 heterocycles. The third kappa shape index (κ3) is 22.2. The number of unbranched alkanes of at least 4 members (excludes halogenated alkanes) is 11. The molecule has 0 aliphatic carbocycles. The number of aliphatic hydroxyl groups excluding tert-OH is 1. The maximum absolute atomic E-state index is 12.1. The molecule has 0 fully saturated rings. The van der Waals surface area contributed by atoms with Gasteiger partial charge in [-0.2, -0.15) is 0 Å². The normalized spacial score (nSPS) is 14.8. The Morgan fingerprint density at radius 3 is 1.66 bits per heavy atom. The smallest absolute Gasteiger partial charge is 0.305 e. The molecule has 0 aliphatic rings. The Kier molecular flexibility index (Phi) is 27.5. The van der Waals surface area contributed by atoms with Crippen molar-refractivity contribution in [2.24, 2.45) is 11.8 Å². The summed E-state index contributed by atoms with van der Waals surface area (Å²) >= 11 is 0. The van der Waals surface area contributed by atoms with Crippen LogP contribution in [0.4, 0.5) is 0 Å². The average Bonchev–Trinajstić information content (AvgIpc) is 2.93. The zero-order chi connectivity index (χ0) is 28.3. The third-order valence-corrected chi connectivity index (χ3v) is 8.26. The Bertz CT molecular complexity index is 495. The highest BCUT2D eigenvalue weighted by atomic mass is 16.5. The second kappa shape index (κ2) is 27.9. The van der Waals surface area contributed by atoms with Crippen LogP contribution in [-0.2, 0) is 14.3 Å². The molecule has 0 bridgehead atoms. The van der Waals surface area contributed by atoms with Gasteiger partial charge in [-0.1, -0.05) is 137 Å². The van der Waals surface area contributed by atoms with Crippen LogP contribution in [0.2, 0.25) is 0 Å². The molecule has 38 heavy (non-hydrogen) atoms. The highest BCUT2D eigenvalue weighted by molar-refractivity contribution is 5.69. The van der Waals surface area contributed by atoms with Crippen molar-refractivity contribution in [1.82, 2.24) is 0 Å². The molecule has 228 valence electrons. The van der Waals surface area contributed by atoms with E-state index in [0.29, 0.717) is 24.9 Å². The van der Waals surface area contributed by atoms with Gasteiger partial charge in [-0.15, -0.1) is 0 Å². The summed E-state index contributed by atoms with van der Waals surface area (Å²) in [5.74, 6) is 1.10. The minimum Gasteiger partial charge on any atom is -0.465 e. The molecule has 0 amide bonds. The van der Waals surface area contributed by atoms with Crippen LogP contribution >= 0.6 is 0 Å². The number of rotatable bonds is 29. The fourth-order valence-corrected chi connectivity index (χ4v) is 5.19. The lowest BCUT2D eigenvalue weighted by Crippen LogP contribution is -2.31. The van der Waals surface area contributed by atoms with Gasteiger partial charge in [-0.3, -0.25) is 4.79 Å². The molecule has 1 N–H and O–H groups in total. The average molecular weight is 541 g/mol. The van der Waals surface area contributed by atoms with E-state index in [1.54, 1.807) is 0 Å². The van der Waals surface area contributed by atoms with E-state index in [-0.39, 0.29) is 18.2 Å². The Hall–Kier alpha value is -0.610. The van der Waals surface area contributed by atoms with E-state index in [0.717, 1.165) is 77.2 Å². The first-order valence-electron chi connectivity index (χ1n) is 17.0. The lowest BCUT2D eigenvalue weighted by Gasteiger charge is -2.26. The van der Waals surface area contributed by atoms with Crippen molar-refractivity contribution in [3.8, 4) is 0 Å². The van der Waals surface area contributed by atoms with Gasteiger partial charge < -0.3 is 14.6 Å². The number of esters is 1. The molecule has 0 aliphatic heterocycles. The summed E-state index contributed by atoms with van der Waals surface area (Å²) in [4.78, 5) is 12.1. The van der Waals surface area contributed by atoms with Gasteiger partial charge in [0.05, 0.1) is 18.8 Å². The quantitative estimate of drug-likeness (QED) is 0.0757. The van der Waals surface area contributed by atoms with Crippen LogP contribution in [0, 0.1) is 11.8 Å². The van der Waals surface area contributed by atoms with E-state index in [1.165, 1.54) is 64.2 Å². The molecule has 4 nitrogen and oxygen atoms in total. The molecule has 4 atom stereocenters. The van der Waals surface area contributed by atoms with Crippen molar-refractivity contribution in [2.45, 2.75) is 188 Å². The van der Waals surface area contributed by atoms with Crippen molar-refractivity contribution in [1.29, 1.82) is 0 Å². The van der Waals surface area contributed by atoms with Gasteiger partial charge in [0.1, 0.15) is 0 Å². The molecule has 0 spiro atoms. The van der Waals surface area contributed by atoms with Crippen molar-refractivity contribution in [3.63, 3.8) is 0 Å². The van der Waals surface area contributed by atoms with Crippen LogP contribution in [0.25, 0.3) is 0 Å². The molecule has 0 aromatic heterocycles. The molecule has 0 aromatic carbocycles. The maximum Gasteiger partial charge on any atom is 0.305 e. The molecular weight excluding hydrogens is 472 g/mol. The fourth-order valence-electron chi connectivity index (χ4n) is 5.19. The first-order chi connectivity index (χ1) is 18.5. The lowest BCUT2D eigenvalue weighted by molar-refractivity contribution is -0.145. The van der Waals surface area contributed by atoms with Gasteiger partial charge in [-0.25, -0.2) is 0 Å². The lowest BCUT2D eigenvalue weighted by atomic mass is 9.98. The van der Waals surface area contributed by atoms with E-state index >= 15 is 0 Å². The van der Waals surface area contributed by atoms with Crippen molar-refractivity contribution in [3.05, 3.63) is 0 Å². The van der Waals surface area contributed by atoms with Crippen LogP contribution in [-0.4, -0.2) is 36.5 Å². The molecular formula is C34H68O4. The van der Waals surface area contributed by atoms with Crippen molar-refractivity contribution >= 4 is 5.97 Å². The van der Waals surface area contributed by atoms with Crippen LogP contribution < -0.4 is 0 Å². The monoisotopic (exact) mass is 541 g/mol. The predicted octanol–water partition coefficient (Wildman–Crippen LogP) is 10.2. The molecule has 4 unspecified atom stereocenters. The summed E-state index contributed by atoms with van der Waals surface area (Å²) in [6, 6.07) is 0. The largest absolute Gasteiger partial charge is 0.465 e. The summed E-state index contributed by atoms with van der Waals surface area (Å²) in [5.41, 5.74) is 0. The van der Waals surface area contributed by atoms with Crippen LogP contribution in [0.1, 0.15) is 176 Å². The van der Waals surface area contributed by atoms with Gasteiger partial charge in [0.25, 0.3) is 0 Å². The summed E-state index contributed by atoms with van der Waals surface area (Å²) in [6.45, 7) is 12.5. The SMILES string of the molecule is CCCCCCCCC(OCC(CC)CCCC)C(O)CCCCCCCC(=O)OCC(CC)CCCC. The standard InChI is InChI=1S/C34H68O4/c1-6-11-14-15-18-21-26-33(37-28-30(9-4)23-12-7-2)32(35)25-20-17-16-19-22-27-34(36)38-29-31(10-5)24-13-8-3/h30-33,35H,6-29H2,1-5H3. The summed E-state index contributed by atoms with van der Waals surface area (Å²) in [7, 11) is 0. The molecule has 0 aromatic rings. The van der Waals surface area contributed by atoms with E-state index in [9.17, 15) is 9.90 Å². The summed E-state index contributed by atoms with van der Waals surface area (Å²) in [6.07, 6.45) is 24.4. The van der Waals surface area contributed by atoms with E-state index in [2.05, 4.69) is 34.6 Å². The van der Waals surface area contributed by atoms with Crippen LogP contribution in [0.5, 0.6) is 0 Å². The van der Waals surface area contributed by atoms with Crippen molar-refractivity contribution in [2.75, 3.05) is 13.2 Å².